The lowest BCUT2D eigenvalue weighted by Gasteiger charge is -2.20. The van der Waals surface area contributed by atoms with Crippen LogP contribution >= 0.6 is 0 Å². The topological polar surface area (TPSA) is 60.0 Å². The molecule has 0 spiro atoms. The minimum absolute atomic E-state index is 0.0394. The summed E-state index contributed by atoms with van der Waals surface area (Å²) < 4.78 is 16.5. The molecule has 2 atom stereocenters. The van der Waals surface area contributed by atoms with Crippen molar-refractivity contribution < 1.29 is 19.0 Å². The lowest BCUT2D eigenvalue weighted by atomic mass is 10.1. The number of nitrogens with zero attached hydrogens (tertiary/aromatic N) is 1. The summed E-state index contributed by atoms with van der Waals surface area (Å²) in [6, 6.07) is 13.9. The van der Waals surface area contributed by atoms with Gasteiger partial charge in [0.05, 0.1) is 20.3 Å². The lowest BCUT2D eigenvalue weighted by molar-refractivity contribution is -0.111. The van der Waals surface area contributed by atoms with Crippen LogP contribution in [0.3, 0.4) is 0 Å². The summed E-state index contributed by atoms with van der Waals surface area (Å²) in [6.45, 7) is 2.11. The van der Waals surface area contributed by atoms with Crippen LogP contribution < -0.4 is 19.5 Å². The van der Waals surface area contributed by atoms with Crippen molar-refractivity contribution in [3.8, 4) is 17.2 Å². The molecule has 0 bridgehead atoms. The van der Waals surface area contributed by atoms with E-state index in [1.54, 1.807) is 14.2 Å². The first kappa shape index (κ1) is 20.2. The molecule has 1 saturated heterocycles. The van der Waals surface area contributed by atoms with Gasteiger partial charge in [-0.05, 0) is 48.9 Å². The molecule has 1 fully saturated rings. The van der Waals surface area contributed by atoms with Crippen molar-refractivity contribution in [1.82, 2.24) is 10.2 Å². The molecule has 1 N–H and O–H groups in total. The molecule has 1 heterocycles. The number of aldehydes is 1. The maximum atomic E-state index is 11.2. The predicted octanol–water partition coefficient (Wildman–Crippen LogP) is 2.64. The van der Waals surface area contributed by atoms with E-state index < -0.39 is 0 Å². The van der Waals surface area contributed by atoms with Gasteiger partial charge in [-0.1, -0.05) is 12.1 Å². The molecule has 6 nitrogen and oxygen atoms in total. The first-order chi connectivity index (χ1) is 13.6. The fourth-order valence-corrected chi connectivity index (χ4v) is 3.46. The molecule has 6 heteroatoms. The van der Waals surface area contributed by atoms with E-state index in [-0.39, 0.29) is 12.1 Å². The Kier molecular flexibility index (Phi) is 6.90. The molecule has 0 aliphatic carbocycles. The van der Waals surface area contributed by atoms with Gasteiger partial charge in [0.1, 0.15) is 30.1 Å². The number of likely N-dealkylation sites (tertiary alicyclic amines) is 1. The Morgan fingerprint density at radius 2 is 1.71 bits per heavy atom. The molecule has 2 unspecified atom stereocenters. The molecule has 3 rings (SSSR count). The number of benzene rings is 2. The average molecular weight is 384 g/mol. The van der Waals surface area contributed by atoms with Crippen LogP contribution in [0.4, 0.5) is 0 Å². The Bertz CT molecular complexity index is 756. The SMILES string of the molecule is COc1cc(COc2ccc(CNC3CCN(C)C3C=O)cc2)cc(OC)c1. The van der Waals surface area contributed by atoms with Crippen LogP contribution in [-0.4, -0.2) is 51.1 Å². The fraction of sp³-hybridized carbons (Fsp3) is 0.409. The molecular weight excluding hydrogens is 356 g/mol. The van der Waals surface area contributed by atoms with E-state index in [0.717, 1.165) is 54.2 Å². The van der Waals surface area contributed by atoms with E-state index >= 15 is 0 Å². The summed E-state index contributed by atoms with van der Waals surface area (Å²) in [5.41, 5.74) is 2.14. The zero-order chi connectivity index (χ0) is 19.9. The Labute approximate surface area is 166 Å². The zero-order valence-electron chi connectivity index (χ0n) is 16.7. The summed E-state index contributed by atoms with van der Waals surface area (Å²) in [5.74, 6) is 2.29. The second kappa shape index (κ2) is 9.57. The number of carbonyl (C=O) groups is 1. The van der Waals surface area contributed by atoms with Crippen LogP contribution in [0.1, 0.15) is 17.5 Å². The van der Waals surface area contributed by atoms with Gasteiger partial charge in [0.15, 0.2) is 0 Å². The number of nitrogens with one attached hydrogen (secondary N) is 1. The van der Waals surface area contributed by atoms with E-state index in [0.29, 0.717) is 6.61 Å². The van der Waals surface area contributed by atoms with Crippen molar-refractivity contribution in [3.63, 3.8) is 0 Å². The lowest BCUT2D eigenvalue weighted by Crippen LogP contribution is -2.41. The van der Waals surface area contributed by atoms with Crippen molar-refractivity contribution in [2.75, 3.05) is 27.8 Å². The maximum Gasteiger partial charge on any atom is 0.138 e. The molecule has 0 saturated carbocycles. The number of rotatable bonds is 9. The number of hydrogen-bond acceptors (Lipinski definition) is 6. The number of ether oxygens (including phenoxy) is 3. The average Bonchev–Trinajstić information content (AvgIpc) is 3.10. The summed E-state index contributed by atoms with van der Waals surface area (Å²) in [6.07, 6.45) is 2.03. The van der Waals surface area contributed by atoms with Gasteiger partial charge in [-0.2, -0.15) is 0 Å². The van der Waals surface area contributed by atoms with Crippen LogP contribution in [0.5, 0.6) is 17.2 Å². The molecule has 28 heavy (non-hydrogen) atoms. The van der Waals surface area contributed by atoms with Crippen LogP contribution in [0, 0.1) is 0 Å². The second-order valence-electron chi connectivity index (χ2n) is 7.04. The van der Waals surface area contributed by atoms with E-state index in [2.05, 4.69) is 10.2 Å². The van der Waals surface area contributed by atoms with Gasteiger partial charge in [0.25, 0.3) is 0 Å². The Morgan fingerprint density at radius 3 is 2.32 bits per heavy atom. The van der Waals surface area contributed by atoms with Gasteiger partial charge >= 0.3 is 0 Å². The van der Waals surface area contributed by atoms with Crippen LogP contribution in [0.15, 0.2) is 42.5 Å². The van der Waals surface area contributed by atoms with Crippen LogP contribution in [0.25, 0.3) is 0 Å². The van der Waals surface area contributed by atoms with Gasteiger partial charge in [-0.25, -0.2) is 0 Å². The molecule has 0 aromatic heterocycles. The molecule has 150 valence electrons. The zero-order valence-corrected chi connectivity index (χ0v) is 16.7. The van der Waals surface area contributed by atoms with E-state index in [4.69, 9.17) is 14.2 Å². The third-order valence-electron chi connectivity index (χ3n) is 5.16. The Morgan fingerprint density at radius 1 is 1.04 bits per heavy atom. The highest BCUT2D eigenvalue weighted by molar-refractivity contribution is 5.59. The first-order valence-electron chi connectivity index (χ1n) is 9.45. The van der Waals surface area contributed by atoms with E-state index in [9.17, 15) is 4.79 Å². The normalized spacial score (nSPS) is 19.4. The highest BCUT2D eigenvalue weighted by Crippen LogP contribution is 2.24. The Balaban J connectivity index is 1.53. The van der Waals surface area contributed by atoms with E-state index in [1.165, 1.54) is 0 Å². The minimum atomic E-state index is -0.0394. The molecule has 2 aromatic carbocycles. The van der Waals surface area contributed by atoms with Crippen LogP contribution in [-0.2, 0) is 17.9 Å². The molecule has 0 amide bonds. The summed E-state index contributed by atoms with van der Waals surface area (Å²) in [7, 11) is 5.25. The van der Waals surface area contributed by atoms with Gasteiger partial charge in [0, 0.05) is 25.2 Å². The monoisotopic (exact) mass is 384 g/mol. The Hall–Kier alpha value is -2.57. The van der Waals surface area contributed by atoms with Gasteiger partial charge in [0.2, 0.25) is 0 Å². The second-order valence-corrected chi connectivity index (χ2v) is 7.04. The maximum absolute atomic E-state index is 11.2. The van der Waals surface area contributed by atoms with Crippen molar-refractivity contribution in [2.24, 2.45) is 0 Å². The number of methoxy groups -OCH3 is 2. The quantitative estimate of drug-likeness (QED) is 0.671. The molecule has 1 aliphatic rings. The summed E-state index contributed by atoms with van der Waals surface area (Å²) in [4.78, 5) is 13.3. The highest BCUT2D eigenvalue weighted by atomic mass is 16.5. The van der Waals surface area contributed by atoms with Gasteiger partial charge < -0.3 is 24.3 Å². The van der Waals surface area contributed by atoms with Crippen molar-refractivity contribution in [2.45, 2.75) is 31.7 Å². The third kappa shape index (κ3) is 5.03. The van der Waals surface area contributed by atoms with Crippen molar-refractivity contribution in [1.29, 1.82) is 0 Å². The smallest absolute Gasteiger partial charge is 0.138 e. The first-order valence-corrected chi connectivity index (χ1v) is 9.45. The number of carbonyl (C=O) groups excluding carboxylic acids is 1. The molecular formula is C22H28N2O4. The van der Waals surface area contributed by atoms with Crippen LogP contribution in [0.2, 0.25) is 0 Å². The number of hydrogen-bond donors (Lipinski definition) is 1. The predicted molar refractivity (Wildman–Crippen MR) is 108 cm³/mol. The van der Waals surface area contributed by atoms with Crippen molar-refractivity contribution in [3.05, 3.63) is 53.6 Å². The number of likely N-dealkylation sites (N-methyl/N-ethyl adjacent to an activating group) is 1. The van der Waals surface area contributed by atoms with Gasteiger partial charge in [-0.3, -0.25) is 4.90 Å². The standard InChI is InChI=1S/C22H28N2O4/c1-24-9-8-21(22(24)14-25)23-13-16-4-6-18(7-5-16)28-15-17-10-19(26-2)12-20(11-17)27-3/h4-7,10-12,14,21-23H,8-9,13,15H2,1-3H3. The molecule has 0 radical (unpaired) electrons. The van der Waals surface area contributed by atoms with E-state index in [1.807, 2.05) is 49.5 Å². The summed E-state index contributed by atoms with van der Waals surface area (Å²) in [5, 5.41) is 3.49. The fourth-order valence-electron chi connectivity index (χ4n) is 3.46. The highest BCUT2D eigenvalue weighted by Gasteiger charge is 2.30. The summed E-state index contributed by atoms with van der Waals surface area (Å²) >= 11 is 0. The molecule has 2 aromatic rings. The molecule has 1 aliphatic heterocycles. The minimum Gasteiger partial charge on any atom is -0.497 e. The van der Waals surface area contributed by atoms with Crippen molar-refractivity contribution >= 4 is 6.29 Å². The third-order valence-corrected chi connectivity index (χ3v) is 5.16. The van der Waals surface area contributed by atoms with Gasteiger partial charge in [-0.15, -0.1) is 0 Å². The largest absolute Gasteiger partial charge is 0.497 e.